The topological polar surface area (TPSA) is 20.2 Å². The van der Waals surface area contributed by atoms with E-state index >= 15 is 0 Å². The van der Waals surface area contributed by atoms with Gasteiger partial charge < -0.3 is 5.11 Å². The van der Waals surface area contributed by atoms with Gasteiger partial charge in [-0.1, -0.05) is 37.9 Å². The van der Waals surface area contributed by atoms with Crippen molar-refractivity contribution < 1.29 is 5.11 Å². The predicted molar refractivity (Wildman–Crippen MR) is 57.2 cm³/mol. The van der Waals surface area contributed by atoms with Gasteiger partial charge in [0.2, 0.25) is 0 Å². The minimum atomic E-state index is -0.289. The number of benzene rings is 1. The first-order chi connectivity index (χ1) is 5.59. The molecule has 1 aromatic carbocycles. The highest BCUT2D eigenvalue weighted by molar-refractivity contribution is 9.11. The van der Waals surface area contributed by atoms with Crippen LogP contribution in [0.5, 0.6) is 0 Å². The monoisotopic (exact) mass is 292 g/mol. The van der Waals surface area contributed by atoms with Crippen LogP contribution in [0.25, 0.3) is 0 Å². The van der Waals surface area contributed by atoms with Crippen molar-refractivity contribution in [2.75, 3.05) is 0 Å². The third-order valence-electron chi connectivity index (χ3n) is 1.53. The molecule has 0 bridgehead atoms. The lowest BCUT2D eigenvalue weighted by Gasteiger charge is -2.06. The van der Waals surface area contributed by atoms with Crippen molar-refractivity contribution in [1.82, 2.24) is 0 Å². The summed E-state index contributed by atoms with van der Waals surface area (Å²) in [4.78, 5) is 0. The maximum Gasteiger partial charge on any atom is 0.0552 e. The second-order valence-electron chi connectivity index (χ2n) is 2.79. The van der Waals surface area contributed by atoms with Gasteiger partial charge in [0.25, 0.3) is 0 Å². The normalized spacial score (nSPS) is 13.0. The number of aliphatic hydroxyl groups is 1. The van der Waals surface area contributed by atoms with Gasteiger partial charge in [-0.3, -0.25) is 0 Å². The quantitative estimate of drug-likeness (QED) is 0.888. The molecule has 0 saturated heterocycles. The zero-order valence-corrected chi connectivity index (χ0v) is 9.89. The highest BCUT2D eigenvalue weighted by Crippen LogP contribution is 2.22. The van der Waals surface area contributed by atoms with E-state index < -0.39 is 0 Å². The Morgan fingerprint density at radius 2 is 2.08 bits per heavy atom. The summed E-state index contributed by atoms with van der Waals surface area (Å²) in [7, 11) is 0. The van der Waals surface area contributed by atoms with Gasteiger partial charge in [0, 0.05) is 8.95 Å². The Morgan fingerprint density at radius 3 is 2.58 bits per heavy atom. The molecule has 1 unspecified atom stereocenters. The molecule has 3 heteroatoms. The molecule has 1 rings (SSSR count). The molecule has 0 aliphatic heterocycles. The van der Waals surface area contributed by atoms with E-state index in [-0.39, 0.29) is 6.10 Å². The second-order valence-corrected chi connectivity index (χ2v) is 4.56. The van der Waals surface area contributed by atoms with E-state index in [0.717, 1.165) is 14.5 Å². The molecule has 1 aromatic rings. The number of aliphatic hydroxyl groups excluding tert-OH is 1. The first-order valence-corrected chi connectivity index (χ1v) is 5.30. The molecule has 0 spiro atoms. The molecule has 1 atom stereocenters. The van der Waals surface area contributed by atoms with E-state index in [9.17, 15) is 0 Å². The Bertz CT molecular complexity index is 271. The van der Waals surface area contributed by atoms with Crippen molar-refractivity contribution in [3.8, 4) is 0 Å². The van der Waals surface area contributed by atoms with Crippen molar-refractivity contribution in [1.29, 1.82) is 0 Å². The summed E-state index contributed by atoms with van der Waals surface area (Å²) in [5.74, 6) is 0. The maximum absolute atomic E-state index is 9.17. The van der Waals surface area contributed by atoms with Crippen LogP contribution in [-0.2, 0) is 6.42 Å². The molecule has 1 N–H and O–H groups in total. The van der Waals surface area contributed by atoms with Gasteiger partial charge in [-0.25, -0.2) is 0 Å². The first-order valence-electron chi connectivity index (χ1n) is 3.71. The molecule has 0 saturated carbocycles. The van der Waals surface area contributed by atoms with Crippen molar-refractivity contribution in [2.24, 2.45) is 0 Å². The van der Waals surface area contributed by atoms with Crippen LogP contribution in [0.1, 0.15) is 12.5 Å². The highest BCUT2D eigenvalue weighted by Gasteiger charge is 2.03. The minimum Gasteiger partial charge on any atom is -0.393 e. The number of rotatable bonds is 2. The van der Waals surface area contributed by atoms with E-state index in [0.29, 0.717) is 6.42 Å². The van der Waals surface area contributed by atoms with E-state index in [2.05, 4.69) is 31.9 Å². The minimum absolute atomic E-state index is 0.289. The van der Waals surface area contributed by atoms with Crippen molar-refractivity contribution in [3.05, 3.63) is 32.7 Å². The molecule has 0 aromatic heterocycles. The van der Waals surface area contributed by atoms with Gasteiger partial charge in [-0.15, -0.1) is 0 Å². The van der Waals surface area contributed by atoms with Crippen LogP contribution in [0.2, 0.25) is 0 Å². The largest absolute Gasteiger partial charge is 0.393 e. The van der Waals surface area contributed by atoms with Crippen molar-refractivity contribution in [3.63, 3.8) is 0 Å². The molecule has 0 aliphatic rings. The molecule has 12 heavy (non-hydrogen) atoms. The SMILES string of the molecule is CC(O)Cc1ccc(Br)cc1Br. The molecule has 0 radical (unpaired) electrons. The lowest BCUT2D eigenvalue weighted by molar-refractivity contribution is 0.195. The molecule has 0 fully saturated rings. The average Bonchev–Trinajstić information content (AvgIpc) is 1.94. The molecular weight excluding hydrogens is 284 g/mol. The Hall–Kier alpha value is 0.140. The Balaban J connectivity index is 2.86. The number of hydrogen-bond donors (Lipinski definition) is 1. The van der Waals surface area contributed by atoms with Crippen molar-refractivity contribution >= 4 is 31.9 Å². The van der Waals surface area contributed by atoms with Gasteiger partial charge in [0.15, 0.2) is 0 Å². The van der Waals surface area contributed by atoms with Gasteiger partial charge in [0.05, 0.1) is 6.10 Å². The predicted octanol–water partition coefficient (Wildman–Crippen LogP) is 3.13. The number of halogens is 2. The average molecular weight is 294 g/mol. The summed E-state index contributed by atoms with van der Waals surface area (Å²) in [6.45, 7) is 1.79. The van der Waals surface area contributed by atoms with Crippen LogP contribution >= 0.6 is 31.9 Å². The molecule has 0 aliphatic carbocycles. The van der Waals surface area contributed by atoms with E-state index in [1.807, 2.05) is 18.2 Å². The lowest BCUT2D eigenvalue weighted by Crippen LogP contribution is -2.04. The smallest absolute Gasteiger partial charge is 0.0552 e. The van der Waals surface area contributed by atoms with Gasteiger partial charge >= 0.3 is 0 Å². The van der Waals surface area contributed by atoms with Crippen LogP contribution in [0.15, 0.2) is 27.1 Å². The number of hydrogen-bond acceptors (Lipinski definition) is 1. The summed E-state index contributed by atoms with van der Waals surface area (Å²) in [6, 6.07) is 5.96. The van der Waals surface area contributed by atoms with Crippen LogP contribution in [0.4, 0.5) is 0 Å². The Labute approximate surface area is 89.1 Å². The second kappa shape index (κ2) is 4.40. The standard InChI is InChI=1S/C9H10Br2O/c1-6(12)4-7-2-3-8(10)5-9(7)11/h2-3,5-6,12H,4H2,1H3. The summed E-state index contributed by atoms with van der Waals surface area (Å²) < 4.78 is 2.08. The third kappa shape index (κ3) is 2.88. The molecule has 66 valence electrons. The van der Waals surface area contributed by atoms with Crippen LogP contribution < -0.4 is 0 Å². The fraction of sp³-hybridized carbons (Fsp3) is 0.333. The lowest BCUT2D eigenvalue weighted by atomic mass is 10.1. The summed E-state index contributed by atoms with van der Waals surface area (Å²) >= 11 is 6.80. The van der Waals surface area contributed by atoms with E-state index in [1.165, 1.54) is 0 Å². The Morgan fingerprint density at radius 1 is 1.42 bits per heavy atom. The maximum atomic E-state index is 9.17. The fourth-order valence-corrected chi connectivity index (χ4v) is 2.21. The summed E-state index contributed by atoms with van der Waals surface area (Å²) in [6.07, 6.45) is 0.399. The molecule has 1 nitrogen and oxygen atoms in total. The zero-order valence-electron chi connectivity index (χ0n) is 6.72. The molecule has 0 heterocycles. The van der Waals surface area contributed by atoms with Gasteiger partial charge in [0.1, 0.15) is 0 Å². The fourth-order valence-electron chi connectivity index (χ4n) is 1.01. The molecular formula is C9H10Br2O. The van der Waals surface area contributed by atoms with Crippen LogP contribution in [-0.4, -0.2) is 11.2 Å². The van der Waals surface area contributed by atoms with E-state index in [1.54, 1.807) is 6.92 Å². The van der Waals surface area contributed by atoms with Gasteiger partial charge in [-0.05, 0) is 31.0 Å². The van der Waals surface area contributed by atoms with Gasteiger partial charge in [-0.2, -0.15) is 0 Å². The summed E-state index contributed by atoms with van der Waals surface area (Å²) in [5, 5.41) is 9.17. The van der Waals surface area contributed by atoms with Crippen molar-refractivity contribution in [2.45, 2.75) is 19.4 Å². The molecule has 0 amide bonds. The first kappa shape index (κ1) is 10.2. The Kier molecular flexibility index (Phi) is 3.75. The van der Waals surface area contributed by atoms with Crippen LogP contribution in [0, 0.1) is 0 Å². The zero-order chi connectivity index (χ0) is 9.14. The highest BCUT2D eigenvalue weighted by atomic mass is 79.9. The summed E-state index contributed by atoms with van der Waals surface area (Å²) in [5.41, 5.74) is 1.13. The van der Waals surface area contributed by atoms with Crippen LogP contribution in [0.3, 0.4) is 0 Å². The van der Waals surface area contributed by atoms with E-state index in [4.69, 9.17) is 5.11 Å². The third-order valence-corrected chi connectivity index (χ3v) is 2.76.